The summed E-state index contributed by atoms with van der Waals surface area (Å²) in [5, 5.41) is 0. The van der Waals surface area contributed by atoms with Crippen LogP contribution in [-0.2, 0) is 12.8 Å². The molecular formula is C16H17N. The lowest BCUT2D eigenvalue weighted by Gasteiger charge is -2.24. The molecule has 0 spiro atoms. The Morgan fingerprint density at radius 3 is 2.59 bits per heavy atom. The minimum atomic E-state index is 0.341. The molecule has 0 heterocycles. The predicted octanol–water partition coefficient (Wildman–Crippen LogP) is 3.17. The first-order chi connectivity index (χ1) is 8.34. The fraction of sp³-hybridized carbons (Fsp3) is 0.250. The van der Waals surface area contributed by atoms with Gasteiger partial charge in [-0.25, -0.2) is 0 Å². The van der Waals surface area contributed by atoms with Gasteiger partial charge in [-0.1, -0.05) is 48.5 Å². The number of hydrogen-bond donors (Lipinski definition) is 1. The van der Waals surface area contributed by atoms with Crippen molar-refractivity contribution in [3.05, 3.63) is 59.7 Å². The highest BCUT2D eigenvalue weighted by Crippen LogP contribution is 2.30. The molecule has 0 amide bonds. The number of hydrogen-bond acceptors (Lipinski definition) is 1. The van der Waals surface area contributed by atoms with Gasteiger partial charge in [0.2, 0.25) is 0 Å². The van der Waals surface area contributed by atoms with Crippen LogP contribution in [-0.4, -0.2) is 6.04 Å². The molecule has 0 saturated carbocycles. The molecule has 1 heteroatoms. The van der Waals surface area contributed by atoms with Crippen LogP contribution in [0, 0.1) is 0 Å². The van der Waals surface area contributed by atoms with Gasteiger partial charge in [0.1, 0.15) is 0 Å². The molecule has 0 aliphatic heterocycles. The van der Waals surface area contributed by atoms with Crippen molar-refractivity contribution in [2.45, 2.75) is 25.3 Å². The maximum Gasteiger partial charge on any atom is 0.00825 e. The molecule has 2 aromatic rings. The van der Waals surface area contributed by atoms with E-state index in [0.717, 1.165) is 19.3 Å². The molecule has 1 nitrogen and oxygen atoms in total. The molecule has 17 heavy (non-hydrogen) atoms. The van der Waals surface area contributed by atoms with E-state index in [0.29, 0.717) is 6.04 Å². The van der Waals surface area contributed by atoms with Gasteiger partial charge in [-0.15, -0.1) is 0 Å². The van der Waals surface area contributed by atoms with Gasteiger partial charge in [0.25, 0.3) is 0 Å². The molecule has 0 radical (unpaired) electrons. The Morgan fingerprint density at radius 2 is 1.76 bits per heavy atom. The van der Waals surface area contributed by atoms with E-state index in [1.54, 1.807) is 0 Å². The maximum atomic E-state index is 6.04. The lowest BCUT2D eigenvalue weighted by Crippen LogP contribution is -2.28. The third-order valence-corrected chi connectivity index (χ3v) is 3.61. The van der Waals surface area contributed by atoms with Crippen molar-refractivity contribution < 1.29 is 0 Å². The Morgan fingerprint density at radius 1 is 0.941 bits per heavy atom. The van der Waals surface area contributed by atoms with Crippen LogP contribution < -0.4 is 5.73 Å². The Kier molecular flexibility index (Phi) is 2.69. The first-order valence-electron chi connectivity index (χ1n) is 6.26. The van der Waals surface area contributed by atoms with Crippen LogP contribution in [0.15, 0.2) is 48.5 Å². The molecule has 2 N–H and O–H groups in total. The molecule has 3 rings (SSSR count). The number of benzene rings is 2. The van der Waals surface area contributed by atoms with Gasteiger partial charge in [0.05, 0.1) is 0 Å². The topological polar surface area (TPSA) is 26.0 Å². The molecule has 0 bridgehead atoms. The SMILES string of the molecule is NC1CCc2c(cccc2-c2ccccc2)C1. The summed E-state index contributed by atoms with van der Waals surface area (Å²) in [6, 6.07) is 17.6. The minimum Gasteiger partial charge on any atom is -0.327 e. The molecule has 2 aromatic carbocycles. The van der Waals surface area contributed by atoms with Crippen molar-refractivity contribution in [2.24, 2.45) is 5.73 Å². The monoisotopic (exact) mass is 223 g/mol. The molecule has 1 aliphatic carbocycles. The van der Waals surface area contributed by atoms with Crippen LogP contribution in [0.5, 0.6) is 0 Å². The minimum absolute atomic E-state index is 0.341. The quantitative estimate of drug-likeness (QED) is 0.789. The predicted molar refractivity (Wildman–Crippen MR) is 71.9 cm³/mol. The standard InChI is InChI=1S/C16H17N/c17-14-9-10-16-13(11-14)7-4-8-15(16)12-5-2-1-3-6-12/h1-8,14H,9-11,17H2. The maximum absolute atomic E-state index is 6.04. The summed E-state index contributed by atoms with van der Waals surface area (Å²) in [5.41, 5.74) is 11.7. The summed E-state index contributed by atoms with van der Waals surface area (Å²) in [6.45, 7) is 0. The molecule has 86 valence electrons. The first-order valence-corrected chi connectivity index (χ1v) is 6.26. The zero-order valence-electron chi connectivity index (χ0n) is 9.89. The van der Waals surface area contributed by atoms with Gasteiger partial charge in [-0.2, -0.15) is 0 Å². The highest BCUT2D eigenvalue weighted by atomic mass is 14.6. The van der Waals surface area contributed by atoms with Gasteiger partial charge in [-0.3, -0.25) is 0 Å². The summed E-state index contributed by atoms with van der Waals surface area (Å²) in [5.74, 6) is 0. The highest BCUT2D eigenvalue weighted by molar-refractivity contribution is 5.69. The largest absolute Gasteiger partial charge is 0.327 e. The second-order valence-electron chi connectivity index (χ2n) is 4.81. The van der Waals surface area contributed by atoms with Crippen molar-refractivity contribution in [1.82, 2.24) is 0 Å². The van der Waals surface area contributed by atoms with Crippen molar-refractivity contribution in [1.29, 1.82) is 0 Å². The van der Waals surface area contributed by atoms with Crippen LogP contribution in [0.2, 0.25) is 0 Å². The summed E-state index contributed by atoms with van der Waals surface area (Å²) in [6.07, 6.45) is 3.24. The number of fused-ring (bicyclic) bond motifs is 1. The normalized spacial score (nSPS) is 18.8. The van der Waals surface area contributed by atoms with E-state index >= 15 is 0 Å². The average Bonchev–Trinajstić information content (AvgIpc) is 2.39. The molecule has 0 fully saturated rings. The van der Waals surface area contributed by atoms with Gasteiger partial charge in [-0.05, 0) is 41.5 Å². The zero-order chi connectivity index (χ0) is 11.7. The Hall–Kier alpha value is -1.60. The van der Waals surface area contributed by atoms with Crippen molar-refractivity contribution in [3.8, 4) is 11.1 Å². The smallest absolute Gasteiger partial charge is 0.00825 e. The van der Waals surface area contributed by atoms with Crippen LogP contribution in [0.4, 0.5) is 0 Å². The fourth-order valence-electron chi connectivity index (χ4n) is 2.72. The van der Waals surface area contributed by atoms with Crippen molar-refractivity contribution >= 4 is 0 Å². The highest BCUT2D eigenvalue weighted by Gasteiger charge is 2.18. The second kappa shape index (κ2) is 4.34. The number of rotatable bonds is 1. The van der Waals surface area contributed by atoms with Crippen molar-refractivity contribution in [3.63, 3.8) is 0 Å². The van der Waals surface area contributed by atoms with Gasteiger partial charge >= 0.3 is 0 Å². The molecule has 1 unspecified atom stereocenters. The van der Waals surface area contributed by atoms with Gasteiger partial charge < -0.3 is 5.73 Å². The molecular weight excluding hydrogens is 206 g/mol. The molecule has 0 saturated heterocycles. The lowest BCUT2D eigenvalue weighted by molar-refractivity contribution is 0.577. The van der Waals surface area contributed by atoms with E-state index < -0.39 is 0 Å². The van der Waals surface area contributed by atoms with E-state index in [2.05, 4.69) is 48.5 Å². The zero-order valence-corrected chi connectivity index (χ0v) is 9.89. The summed E-state index contributed by atoms with van der Waals surface area (Å²) in [7, 11) is 0. The third kappa shape index (κ3) is 1.98. The van der Waals surface area contributed by atoms with E-state index in [1.165, 1.54) is 22.3 Å². The summed E-state index contributed by atoms with van der Waals surface area (Å²) >= 11 is 0. The molecule has 0 aromatic heterocycles. The van der Waals surface area contributed by atoms with Gasteiger partial charge in [0, 0.05) is 6.04 Å². The van der Waals surface area contributed by atoms with Crippen LogP contribution in [0.3, 0.4) is 0 Å². The average molecular weight is 223 g/mol. The summed E-state index contributed by atoms with van der Waals surface area (Å²) in [4.78, 5) is 0. The lowest BCUT2D eigenvalue weighted by atomic mass is 9.84. The third-order valence-electron chi connectivity index (χ3n) is 3.61. The van der Waals surface area contributed by atoms with Crippen LogP contribution in [0.1, 0.15) is 17.5 Å². The molecule has 1 atom stereocenters. The Bertz CT molecular complexity index is 516. The first kappa shape index (κ1) is 10.5. The van der Waals surface area contributed by atoms with Gasteiger partial charge in [0.15, 0.2) is 0 Å². The van der Waals surface area contributed by atoms with Crippen molar-refractivity contribution in [2.75, 3.05) is 0 Å². The Labute approximate surface area is 102 Å². The van der Waals surface area contributed by atoms with E-state index in [1.807, 2.05) is 0 Å². The Balaban J connectivity index is 2.10. The summed E-state index contributed by atoms with van der Waals surface area (Å²) < 4.78 is 0. The fourth-order valence-corrected chi connectivity index (χ4v) is 2.72. The second-order valence-corrected chi connectivity index (χ2v) is 4.81. The van der Waals surface area contributed by atoms with E-state index in [4.69, 9.17) is 5.73 Å². The van der Waals surface area contributed by atoms with Crippen LogP contribution in [0.25, 0.3) is 11.1 Å². The number of nitrogens with two attached hydrogens (primary N) is 1. The van der Waals surface area contributed by atoms with E-state index in [-0.39, 0.29) is 0 Å². The van der Waals surface area contributed by atoms with Crippen LogP contribution >= 0.6 is 0 Å². The molecule has 1 aliphatic rings. The van der Waals surface area contributed by atoms with E-state index in [9.17, 15) is 0 Å².